The van der Waals surface area contributed by atoms with Crippen LogP contribution in [0.4, 0.5) is 5.69 Å². The summed E-state index contributed by atoms with van der Waals surface area (Å²) in [5, 5.41) is 30.2. The van der Waals surface area contributed by atoms with E-state index in [-0.39, 0.29) is 11.3 Å². The summed E-state index contributed by atoms with van der Waals surface area (Å²) in [5.74, 6) is 1.21. The first-order chi connectivity index (χ1) is 13.9. The van der Waals surface area contributed by atoms with E-state index in [2.05, 4.69) is 24.0 Å². The Labute approximate surface area is 177 Å². The summed E-state index contributed by atoms with van der Waals surface area (Å²) in [4.78, 5) is 11.3. The van der Waals surface area contributed by atoms with Crippen LogP contribution in [-0.4, -0.2) is 19.7 Å². The summed E-state index contributed by atoms with van der Waals surface area (Å²) in [6, 6.07) is 13.8. The fourth-order valence-corrected chi connectivity index (χ4v) is 3.70. The molecule has 148 valence electrons. The zero-order valence-electron chi connectivity index (χ0n) is 15.9. The smallest absolute Gasteiger partial charge is 0.288 e. The van der Waals surface area contributed by atoms with Crippen molar-refractivity contribution in [3.05, 3.63) is 63.2 Å². The summed E-state index contributed by atoms with van der Waals surface area (Å²) >= 11 is 7.28. The van der Waals surface area contributed by atoms with Crippen LogP contribution in [0.3, 0.4) is 0 Å². The molecule has 0 spiro atoms. The van der Waals surface area contributed by atoms with Crippen LogP contribution in [0.2, 0.25) is 5.02 Å². The van der Waals surface area contributed by atoms with E-state index in [1.54, 1.807) is 18.2 Å². The van der Waals surface area contributed by atoms with Crippen molar-refractivity contribution in [2.24, 2.45) is 5.92 Å². The second-order valence-electron chi connectivity index (χ2n) is 6.80. The van der Waals surface area contributed by atoms with Crippen molar-refractivity contribution in [1.82, 2.24) is 14.8 Å². The Morgan fingerprint density at radius 2 is 1.97 bits per heavy atom. The molecule has 0 bridgehead atoms. The third-order valence-corrected chi connectivity index (χ3v) is 5.47. The number of hydrogen-bond acceptors (Lipinski definition) is 6. The number of aromatic nitrogens is 3. The second kappa shape index (κ2) is 9.07. The number of nitrogens with zero attached hydrogens (tertiary/aromatic N) is 5. The molecule has 29 heavy (non-hydrogen) atoms. The van der Waals surface area contributed by atoms with Crippen LogP contribution in [0, 0.1) is 27.4 Å². The predicted octanol–water partition coefficient (Wildman–Crippen LogP) is 5.58. The molecule has 0 radical (unpaired) electrons. The molecule has 3 aromatic rings. The highest BCUT2D eigenvalue weighted by Crippen LogP contribution is 2.33. The number of nitro benzene ring substituents is 1. The average molecular weight is 428 g/mol. The van der Waals surface area contributed by atoms with Gasteiger partial charge in [-0.25, -0.2) is 0 Å². The molecule has 0 fully saturated rings. The highest BCUT2D eigenvalue weighted by molar-refractivity contribution is 7.99. The van der Waals surface area contributed by atoms with Crippen molar-refractivity contribution in [2.45, 2.75) is 36.9 Å². The van der Waals surface area contributed by atoms with Crippen LogP contribution in [-0.2, 0) is 6.54 Å². The quantitative estimate of drug-likeness (QED) is 0.360. The molecule has 1 aromatic heterocycles. The van der Waals surface area contributed by atoms with E-state index in [1.165, 1.54) is 23.9 Å². The molecule has 0 N–H and O–H groups in total. The Morgan fingerprint density at radius 3 is 2.59 bits per heavy atom. The van der Waals surface area contributed by atoms with Gasteiger partial charge in [-0.15, -0.1) is 10.2 Å². The number of nitro groups is 1. The lowest BCUT2D eigenvalue weighted by Crippen LogP contribution is -2.05. The summed E-state index contributed by atoms with van der Waals surface area (Å²) < 4.78 is 2.01. The van der Waals surface area contributed by atoms with Gasteiger partial charge in [0.25, 0.3) is 5.69 Å². The van der Waals surface area contributed by atoms with E-state index < -0.39 is 4.92 Å². The minimum atomic E-state index is -0.550. The first-order valence-corrected chi connectivity index (χ1v) is 10.1. The molecule has 0 saturated carbocycles. The van der Waals surface area contributed by atoms with Crippen LogP contribution >= 0.6 is 23.4 Å². The fraction of sp³-hybridized carbons (Fsp3) is 0.250. The lowest BCUT2D eigenvalue weighted by atomic mass is 10.1. The number of hydrogen-bond donors (Lipinski definition) is 0. The molecule has 7 nitrogen and oxygen atoms in total. The molecule has 9 heteroatoms. The van der Waals surface area contributed by atoms with Crippen LogP contribution in [0.15, 0.2) is 52.5 Å². The zero-order chi connectivity index (χ0) is 21.0. The van der Waals surface area contributed by atoms with E-state index in [1.807, 2.05) is 22.8 Å². The number of halogens is 1. The third-order valence-electron chi connectivity index (χ3n) is 4.24. The molecule has 0 aliphatic carbocycles. The van der Waals surface area contributed by atoms with E-state index >= 15 is 0 Å². The Bertz CT molecular complexity index is 1070. The van der Waals surface area contributed by atoms with Gasteiger partial charge in [-0.2, -0.15) is 5.26 Å². The molecule has 3 rings (SSSR count). The molecule has 0 saturated heterocycles. The molecule has 0 aliphatic rings. The standard InChI is InChI=1S/C20H18ClN5O2S/c1-13(2)9-10-25-19(14-3-6-16(21)7-4-14)23-24-20(25)29-17-8-5-15(12-22)18(11-17)26(27)28/h3-8,11,13H,9-10H2,1-2H3. The largest absolute Gasteiger partial charge is 0.302 e. The first-order valence-electron chi connectivity index (χ1n) is 8.94. The lowest BCUT2D eigenvalue weighted by molar-refractivity contribution is -0.385. The first kappa shape index (κ1) is 20.8. The number of rotatable bonds is 7. The van der Waals surface area contributed by atoms with Crippen LogP contribution in [0.25, 0.3) is 11.4 Å². The average Bonchev–Trinajstić information content (AvgIpc) is 3.09. The lowest BCUT2D eigenvalue weighted by Gasteiger charge is -2.12. The van der Waals surface area contributed by atoms with Crippen molar-refractivity contribution in [3.63, 3.8) is 0 Å². The number of nitriles is 1. The van der Waals surface area contributed by atoms with Crippen molar-refractivity contribution < 1.29 is 4.92 Å². The Kier molecular flexibility index (Phi) is 6.52. The molecule has 0 atom stereocenters. The van der Waals surface area contributed by atoms with Crippen molar-refractivity contribution in [2.75, 3.05) is 0 Å². The fourth-order valence-electron chi connectivity index (χ4n) is 2.69. The third kappa shape index (κ3) is 4.94. The van der Waals surface area contributed by atoms with Gasteiger partial charge in [0.15, 0.2) is 11.0 Å². The number of benzene rings is 2. The van der Waals surface area contributed by atoms with Crippen LogP contribution in [0.1, 0.15) is 25.8 Å². The Hall–Kier alpha value is -2.89. The van der Waals surface area contributed by atoms with E-state index in [9.17, 15) is 10.1 Å². The second-order valence-corrected chi connectivity index (χ2v) is 8.27. The molecular formula is C20H18ClN5O2S. The van der Waals surface area contributed by atoms with E-state index in [0.29, 0.717) is 33.4 Å². The molecule has 0 unspecified atom stereocenters. The molecular weight excluding hydrogens is 410 g/mol. The van der Waals surface area contributed by atoms with E-state index in [4.69, 9.17) is 16.9 Å². The van der Waals surface area contributed by atoms with Gasteiger partial charge in [0, 0.05) is 28.1 Å². The van der Waals surface area contributed by atoms with Crippen LogP contribution in [0.5, 0.6) is 0 Å². The molecule has 2 aromatic carbocycles. The summed E-state index contributed by atoms with van der Waals surface area (Å²) in [6.07, 6.45) is 0.930. The molecule has 0 amide bonds. The normalized spacial score (nSPS) is 10.9. The summed E-state index contributed by atoms with van der Waals surface area (Å²) in [7, 11) is 0. The van der Waals surface area contributed by atoms with Gasteiger partial charge in [-0.1, -0.05) is 25.4 Å². The Morgan fingerprint density at radius 1 is 1.24 bits per heavy atom. The highest BCUT2D eigenvalue weighted by Gasteiger charge is 2.19. The van der Waals surface area contributed by atoms with Gasteiger partial charge in [0.1, 0.15) is 11.6 Å². The predicted molar refractivity (Wildman–Crippen MR) is 112 cm³/mol. The highest BCUT2D eigenvalue weighted by atomic mass is 35.5. The van der Waals surface area contributed by atoms with Gasteiger partial charge in [-0.3, -0.25) is 10.1 Å². The van der Waals surface area contributed by atoms with E-state index in [0.717, 1.165) is 12.0 Å². The maximum atomic E-state index is 11.2. The van der Waals surface area contributed by atoms with Crippen molar-refractivity contribution >= 4 is 29.1 Å². The zero-order valence-corrected chi connectivity index (χ0v) is 17.4. The SMILES string of the molecule is CC(C)CCn1c(Sc2ccc(C#N)c([N+](=O)[O-])c2)nnc1-c1ccc(Cl)cc1. The van der Waals surface area contributed by atoms with Crippen molar-refractivity contribution in [3.8, 4) is 17.5 Å². The Balaban J connectivity index is 1.99. The maximum absolute atomic E-state index is 11.2. The van der Waals surface area contributed by atoms with Gasteiger partial charge >= 0.3 is 0 Å². The molecule has 0 aliphatic heterocycles. The van der Waals surface area contributed by atoms with Gasteiger partial charge in [0.2, 0.25) is 0 Å². The maximum Gasteiger partial charge on any atom is 0.288 e. The summed E-state index contributed by atoms with van der Waals surface area (Å²) in [5.41, 5.74) is 0.703. The molecule has 1 heterocycles. The van der Waals surface area contributed by atoms with Gasteiger partial charge in [-0.05, 0) is 60.5 Å². The van der Waals surface area contributed by atoms with Crippen LogP contribution < -0.4 is 0 Å². The minimum Gasteiger partial charge on any atom is -0.302 e. The minimum absolute atomic E-state index is 0.0301. The van der Waals surface area contributed by atoms with Gasteiger partial charge in [0.05, 0.1) is 4.92 Å². The van der Waals surface area contributed by atoms with Crippen molar-refractivity contribution in [1.29, 1.82) is 5.26 Å². The van der Waals surface area contributed by atoms with Gasteiger partial charge < -0.3 is 4.57 Å². The summed E-state index contributed by atoms with van der Waals surface area (Å²) in [6.45, 7) is 5.00. The topological polar surface area (TPSA) is 97.6 Å². The monoisotopic (exact) mass is 427 g/mol.